The van der Waals surface area contributed by atoms with Crippen LogP contribution in [0.4, 0.5) is 0 Å². The van der Waals surface area contributed by atoms with Crippen LogP contribution in [0.5, 0.6) is 0 Å². The van der Waals surface area contributed by atoms with Gasteiger partial charge in [-0.05, 0) is 38.3 Å². The SMILES string of the molecule is CCC(C)(C)OCc1ccc(C(C)C(=O)O)cc1. The molecule has 0 bridgehead atoms. The molecule has 0 heterocycles. The number of hydrogen-bond donors (Lipinski definition) is 1. The molecule has 0 amide bonds. The Bertz CT molecular complexity index is 393. The molecule has 0 saturated carbocycles. The molecule has 0 aliphatic carbocycles. The minimum Gasteiger partial charge on any atom is -0.481 e. The molecule has 0 aliphatic heterocycles. The number of carbonyl (C=O) groups is 1. The lowest BCUT2D eigenvalue weighted by Crippen LogP contribution is -2.22. The molecule has 1 aromatic carbocycles. The number of carboxylic acids is 1. The summed E-state index contributed by atoms with van der Waals surface area (Å²) in [5, 5.41) is 8.92. The Kier molecular flexibility index (Phi) is 4.91. The molecule has 3 nitrogen and oxygen atoms in total. The molecule has 1 aromatic rings. The highest BCUT2D eigenvalue weighted by atomic mass is 16.5. The van der Waals surface area contributed by atoms with Gasteiger partial charge in [0.05, 0.1) is 18.1 Å². The summed E-state index contributed by atoms with van der Waals surface area (Å²) in [5.41, 5.74) is 1.77. The molecule has 0 aromatic heterocycles. The van der Waals surface area contributed by atoms with Gasteiger partial charge in [-0.25, -0.2) is 0 Å². The summed E-state index contributed by atoms with van der Waals surface area (Å²) in [7, 11) is 0. The first-order valence-electron chi connectivity index (χ1n) is 6.31. The van der Waals surface area contributed by atoms with Crippen molar-refractivity contribution in [3.63, 3.8) is 0 Å². The van der Waals surface area contributed by atoms with E-state index in [1.54, 1.807) is 6.92 Å². The van der Waals surface area contributed by atoms with Gasteiger partial charge in [0.15, 0.2) is 0 Å². The smallest absolute Gasteiger partial charge is 0.310 e. The van der Waals surface area contributed by atoms with Crippen LogP contribution in [0.15, 0.2) is 24.3 Å². The minimum atomic E-state index is -0.800. The number of benzene rings is 1. The van der Waals surface area contributed by atoms with Gasteiger partial charge in [-0.15, -0.1) is 0 Å². The standard InChI is InChI=1S/C15H22O3/c1-5-15(3,4)18-10-12-6-8-13(9-7-12)11(2)14(16)17/h6-9,11H,5,10H2,1-4H3,(H,16,17). The van der Waals surface area contributed by atoms with Gasteiger partial charge in [0.25, 0.3) is 0 Å². The van der Waals surface area contributed by atoms with Gasteiger partial charge in [0, 0.05) is 0 Å². The lowest BCUT2D eigenvalue weighted by Gasteiger charge is -2.23. The molecule has 0 aliphatic rings. The molecule has 100 valence electrons. The van der Waals surface area contributed by atoms with Crippen molar-refractivity contribution in [1.29, 1.82) is 0 Å². The molecule has 0 spiro atoms. The Hall–Kier alpha value is -1.35. The largest absolute Gasteiger partial charge is 0.481 e. The molecule has 1 rings (SSSR count). The number of carboxylic acid groups (broad SMARTS) is 1. The molecule has 1 unspecified atom stereocenters. The van der Waals surface area contributed by atoms with Gasteiger partial charge >= 0.3 is 5.97 Å². The predicted molar refractivity (Wildman–Crippen MR) is 71.7 cm³/mol. The highest BCUT2D eigenvalue weighted by Gasteiger charge is 2.16. The quantitative estimate of drug-likeness (QED) is 0.839. The first kappa shape index (κ1) is 14.7. The van der Waals surface area contributed by atoms with Gasteiger partial charge in [-0.1, -0.05) is 31.2 Å². The van der Waals surface area contributed by atoms with Gasteiger partial charge < -0.3 is 9.84 Å². The molecule has 1 atom stereocenters. The summed E-state index contributed by atoms with van der Waals surface area (Å²) in [6.45, 7) is 8.47. The Morgan fingerprint density at radius 3 is 2.33 bits per heavy atom. The van der Waals surface area contributed by atoms with Crippen LogP contribution in [-0.4, -0.2) is 16.7 Å². The van der Waals surface area contributed by atoms with Crippen LogP contribution in [-0.2, 0) is 16.1 Å². The second-order valence-electron chi connectivity index (χ2n) is 5.20. The van der Waals surface area contributed by atoms with Crippen molar-refractivity contribution < 1.29 is 14.6 Å². The number of ether oxygens (including phenoxy) is 1. The highest BCUT2D eigenvalue weighted by molar-refractivity contribution is 5.75. The summed E-state index contributed by atoms with van der Waals surface area (Å²) in [5.74, 6) is -1.27. The van der Waals surface area contributed by atoms with E-state index in [9.17, 15) is 4.79 Å². The second kappa shape index (κ2) is 6.01. The lowest BCUT2D eigenvalue weighted by molar-refractivity contribution is -0.138. The summed E-state index contributed by atoms with van der Waals surface area (Å²) < 4.78 is 5.80. The average Bonchev–Trinajstić information content (AvgIpc) is 2.36. The van der Waals surface area contributed by atoms with E-state index in [2.05, 4.69) is 20.8 Å². The second-order valence-corrected chi connectivity index (χ2v) is 5.20. The normalized spacial score (nSPS) is 13.3. The topological polar surface area (TPSA) is 46.5 Å². The predicted octanol–water partition coefficient (Wildman–Crippen LogP) is 3.58. The fourth-order valence-electron chi connectivity index (χ4n) is 1.43. The molecule has 1 N–H and O–H groups in total. The fraction of sp³-hybridized carbons (Fsp3) is 0.533. The van der Waals surface area contributed by atoms with Crippen LogP contribution in [0.3, 0.4) is 0 Å². The fourth-order valence-corrected chi connectivity index (χ4v) is 1.43. The zero-order valence-corrected chi connectivity index (χ0v) is 11.6. The van der Waals surface area contributed by atoms with Gasteiger partial charge in [-0.3, -0.25) is 4.79 Å². The molecule has 3 heteroatoms. The minimum absolute atomic E-state index is 0.118. The van der Waals surface area contributed by atoms with Crippen molar-refractivity contribution in [3.8, 4) is 0 Å². The van der Waals surface area contributed by atoms with Crippen molar-refractivity contribution in [2.75, 3.05) is 0 Å². The molecule has 0 fully saturated rings. The third-order valence-electron chi connectivity index (χ3n) is 3.33. The number of aliphatic carboxylic acids is 1. The van der Waals surface area contributed by atoms with Gasteiger partial charge in [-0.2, -0.15) is 0 Å². The lowest BCUT2D eigenvalue weighted by atomic mass is 10.00. The molecule has 0 saturated heterocycles. The molecule has 18 heavy (non-hydrogen) atoms. The van der Waals surface area contributed by atoms with E-state index in [4.69, 9.17) is 9.84 Å². The first-order chi connectivity index (χ1) is 8.35. The van der Waals surface area contributed by atoms with Gasteiger partial charge in [0.2, 0.25) is 0 Å². The summed E-state index contributed by atoms with van der Waals surface area (Å²) >= 11 is 0. The summed E-state index contributed by atoms with van der Waals surface area (Å²) in [6.07, 6.45) is 0.959. The van der Waals surface area contributed by atoms with Crippen molar-refractivity contribution in [3.05, 3.63) is 35.4 Å². The number of hydrogen-bond acceptors (Lipinski definition) is 2. The maximum absolute atomic E-state index is 10.9. The Morgan fingerprint density at radius 1 is 1.33 bits per heavy atom. The highest BCUT2D eigenvalue weighted by Crippen LogP contribution is 2.19. The van der Waals surface area contributed by atoms with Crippen LogP contribution in [0.2, 0.25) is 0 Å². The third-order valence-corrected chi connectivity index (χ3v) is 3.33. The monoisotopic (exact) mass is 250 g/mol. The van der Waals surface area contributed by atoms with Crippen molar-refractivity contribution >= 4 is 5.97 Å². The Labute approximate surface area is 109 Å². The molecular weight excluding hydrogens is 228 g/mol. The van der Waals surface area contributed by atoms with E-state index < -0.39 is 11.9 Å². The Morgan fingerprint density at radius 2 is 1.89 bits per heavy atom. The Balaban J connectivity index is 2.64. The van der Waals surface area contributed by atoms with Crippen LogP contribution in [0.1, 0.15) is 51.2 Å². The van der Waals surface area contributed by atoms with E-state index in [0.29, 0.717) is 6.61 Å². The third kappa shape index (κ3) is 4.15. The van der Waals surface area contributed by atoms with Crippen LogP contribution < -0.4 is 0 Å². The first-order valence-corrected chi connectivity index (χ1v) is 6.31. The maximum Gasteiger partial charge on any atom is 0.310 e. The summed E-state index contributed by atoms with van der Waals surface area (Å²) in [4.78, 5) is 10.9. The van der Waals surface area contributed by atoms with E-state index in [-0.39, 0.29) is 5.60 Å². The van der Waals surface area contributed by atoms with E-state index in [0.717, 1.165) is 17.5 Å². The van der Waals surface area contributed by atoms with Crippen molar-refractivity contribution in [2.24, 2.45) is 0 Å². The maximum atomic E-state index is 10.9. The van der Waals surface area contributed by atoms with Crippen LogP contribution >= 0.6 is 0 Å². The number of rotatable bonds is 6. The van der Waals surface area contributed by atoms with E-state index >= 15 is 0 Å². The van der Waals surface area contributed by atoms with E-state index in [1.165, 1.54) is 0 Å². The molecule has 0 radical (unpaired) electrons. The van der Waals surface area contributed by atoms with Gasteiger partial charge in [0.1, 0.15) is 0 Å². The van der Waals surface area contributed by atoms with E-state index in [1.807, 2.05) is 24.3 Å². The summed E-state index contributed by atoms with van der Waals surface area (Å²) in [6, 6.07) is 7.58. The van der Waals surface area contributed by atoms with Crippen LogP contribution in [0, 0.1) is 0 Å². The van der Waals surface area contributed by atoms with Crippen LogP contribution in [0.25, 0.3) is 0 Å². The zero-order chi connectivity index (χ0) is 13.8. The average molecular weight is 250 g/mol. The zero-order valence-electron chi connectivity index (χ0n) is 11.6. The molecular formula is C15H22O3. The van der Waals surface area contributed by atoms with Crippen molar-refractivity contribution in [2.45, 2.75) is 52.2 Å². The van der Waals surface area contributed by atoms with Crippen molar-refractivity contribution in [1.82, 2.24) is 0 Å².